The third-order valence-corrected chi connectivity index (χ3v) is 8.82. The number of hydrogen-bond donors (Lipinski definition) is 3. The van der Waals surface area contributed by atoms with Crippen LogP contribution in [0.1, 0.15) is 69.9 Å². The van der Waals surface area contributed by atoms with Crippen LogP contribution in [0.4, 0.5) is 5.82 Å². The summed E-state index contributed by atoms with van der Waals surface area (Å²) in [6.07, 6.45) is 11.6. The normalized spacial score (nSPS) is 26.9. The zero-order valence-electron chi connectivity index (χ0n) is 22.8. The molecule has 0 amide bonds. The van der Waals surface area contributed by atoms with Crippen LogP contribution in [0.2, 0.25) is 0 Å². The van der Waals surface area contributed by atoms with Gasteiger partial charge in [0.1, 0.15) is 35.4 Å². The molecule has 5 rings (SSSR count). The summed E-state index contributed by atoms with van der Waals surface area (Å²) in [5, 5.41) is 26.2. The van der Waals surface area contributed by atoms with Crippen molar-refractivity contribution in [1.29, 1.82) is 0 Å². The Labute approximate surface area is 225 Å². The maximum Gasteiger partial charge on any atom is 0.145 e. The predicted molar refractivity (Wildman–Crippen MR) is 149 cm³/mol. The SMILES string of the molecule is CCCCC1CC(CC[C@H]2C[C@@H](n3ccc4c(NCc5ccc(OC)cc5OC)ncnc43)[C@H](O)[C@@H]2O)C1. The summed E-state index contributed by atoms with van der Waals surface area (Å²) in [6, 6.07) is 7.53. The average Bonchev–Trinajstić information content (AvgIpc) is 3.47. The number of anilines is 1. The highest BCUT2D eigenvalue weighted by atomic mass is 16.5. The van der Waals surface area contributed by atoms with Gasteiger partial charge in [-0.15, -0.1) is 0 Å². The van der Waals surface area contributed by atoms with Gasteiger partial charge in [0.2, 0.25) is 0 Å². The van der Waals surface area contributed by atoms with E-state index in [-0.39, 0.29) is 12.0 Å². The van der Waals surface area contributed by atoms with Gasteiger partial charge in [-0.05, 0) is 61.6 Å². The van der Waals surface area contributed by atoms with Crippen molar-refractivity contribution in [3.05, 3.63) is 42.4 Å². The molecule has 8 heteroatoms. The smallest absolute Gasteiger partial charge is 0.145 e. The summed E-state index contributed by atoms with van der Waals surface area (Å²) in [5.74, 6) is 4.02. The van der Waals surface area contributed by atoms with Gasteiger partial charge in [0.25, 0.3) is 0 Å². The van der Waals surface area contributed by atoms with E-state index in [4.69, 9.17) is 9.47 Å². The van der Waals surface area contributed by atoms with Gasteiger partial charge in [-0.25, -0.2) is 9.97 Å². The molecular formula is C30H42N4O4. The van der Waals surface area contributed by atoms with Gasteiger partial charge in [-0.2, -0.15) is 0 Å². The molecule has 3 aromatic rings. The van der Waals surface area contributed by atoms with Crippen molar-refractivity contribution in [2.24, 2.45) is 17.8 Å². The molecule has 1 aromatic carbocycles. The average molecular weight is 523 g/mol. The number of aromatic nitrogens is 3. The third-order valence-electron chi connectivity index (χ3n) is 8.82. The quantitative estimate of drug-likeness (QED) is 0.295. The second-order valence-electron chi connectivity index (χ2n) is 11.2. The number of unbranched alkanes of at least 4 members (excludes halogenated alkanes) is 1. The maximum absolute atomic E-state index is 11.0. The lowest BCUT2D eigenvalue weighted by molar-refractivity contribution is 0.00302. The fourth-order valence-corrected chi connectivity index (χ4v) is 6.51. The molecule has 38 heavy (non-hydrogen) atoms. The summed E-state index contributed by atoms with van der Waals surface area (Å²) in [4.78, 5) is 9.03. The van der Waals surface area contributed by atoms with Crippen LogP contribution in [0.25, 0.3) is 11.0 Å². The number of rotatable bonds is 12. The van der Waals surface area contributed by atoms with Crippen molar-refractivity contribution >= 4 is 16.9 Å². The Bertz CT molecular complexity index is 1210. The van der Waals surface area contributed by atoms with Gasteiger partial charge < -0.3 is 29.6 Å². The Morgan fingerprint density at radius 3 is 2.55 bits per heavy atom. The van der Waals surface area contributed by atoms with E-state index in [1.165, 1.54) is 32.1 Å². The van der Waals surface area contributed by atoms with Gasteiger partial charge in [-0.3, -0.25) is 0 Å². The second kappa shape index (κ2) is 11.9. The molecule has 2 aromatic heterocycles. The molecule has 2 fully saturated rings. The highest BCUT2D eigenvalue weighted by Gasteiger charge is 2.43. The van der Waals surface area contributed by atoms with E-state index in [0.29, 0.717) is 6.54 Å². The standard InChI is InChI=1S/C30H42N4O4/c1-4-5-6-19-13-20(14-19)7-8-21-15-25(28(36)27(21)35)34-12-11-24-29(32-18-33-30(24)34)31-17-22-9-10-23(37-2)16-26(22)38-3/h9-12,16,18-21,25,27-28,35-36H,4-8,13-15,17H2,1-3H3,(H,31,32,33)/t19?,20?,21-,25+,27+,28-/m0/s1. The van der Waals surface area contributed by atoms with E-state index in [0.717, 1.165) is 65.0 Å². The van der Waals surface area contributed by atoms with E-state index in [2.05, 4.69) is 22.2 Å². The number of ether oxygens (including phenoxy) is 2. The first kappa shape index (κ1) is 26.8. The molecule has 3 N–H and O–H groups in total. The molecule has 2 saturated carbocycles. The fraction of sp³-hybridized carbons (Fsp3) is 0.600. The number of fused-ring (bicyclic) bond motifs is 1. The number of benzene rings is 1. The van der Waals surface area contributed by atoms with Crippen LogP contribution in [0.3, 0.4) is 0 Å². The Balaban J connectivity index is 1.23. The lowest BCUT2D eigenvalue weighted by Gasteiger charge is -2.36. The summed E-state index contributed by atoms with van der Waals surface area (Å²) in [7, 11) is 3.28. The van der Waals surface area contributed by atoms with Gasteiger partial charge in [0, 0.05) is 24.4 Å². The summed E-state index contributed by atoms with van der Waals surface area (Å²) in [5.41, 5.74) is 1.75. The van der Waals surface area contributed by atoms with E-state index in [9.17, 15) is 10.2 Å². The molecule has 2 heterocycles. The molecule has 0 aliphatic heterocycles. The number of nitrogens with one attached hydrogen (secondary N) is 1. The van der Waals surface area contributed by atoms with Gasteiger partial charge in [0.05, 0.1) is 31.8 Å². The molecule has 2 aliphatic carbocycles. The molecular weight excluding hydrogens is 480 g/mol. The minimum Gasteiger partial charge on any atom is -0.497 e. The third kappa shape index (κ3) is 5.47. The fourth-order valence-electron chi connectivity index (χ4n) is 6.51. The Morgan fingerprint density at radius 1 is 0.974 bits per heavy atom. The predicted octanol–water partition coefficient (Wildman–Crippen LogP) is 5.34. The number of aliphatic hydroxyl groups excluding tert-OH is 2. The largest absolute Gasteiger partial charge is 0.497 e. The van der Waals surface area contributed by atoms with Crippen LogP contribution in [0.15, 0.2) is 36.8 Å². The Hall–Kier alpha value is -2.84. The number of hydrogen-bond acceptors (Lipinski definition) is 7. The molecule has 4 atom stereocenters. The van der Waals surface area contributed by atoms with Crippen molar-refractivity contribution < 1.29 is 19.7 Å². The van der Waals surface area contributed by atoms with Gasteiger partial charge in [0.15, 0.2) is 0 Å². The minimum absolute atomic E-state index is 0.115. The van der Waals surface area contributed by atoms with E-state index < -0.39 is 12.2 Å². The van der Waals surface area contributed by atoms with Crippen LogP contribution >= 0.6 is 0 Å². The Kier molecular flexibility index (Phi) is 8.39. The highest BCUT2D eigenvalue weighted by molar-refractivity contribution is 5.87. The lowest BCUT2D eigenvalue weighted by atomic mass is 9.70. The van der Waals surface area contributed by atoms with Crippen molar-refractivity contribution in [1.82, 2.24) is 14.5 Å². The highest BCUT2D eigenvalue weighted by Crippen LogP contribution is 2.44. The van der Waals surface area contributed by atoms with Crippen LogP contribution in [-0.4, -0.2) is 51.2 Å². The summed E-state index contributed by atoms with van der Waals surface area (Å²) in [6.45, 7) is 2.79. The lowest BCUT2D eigenvalue weighted by Crippen LogP contribution is -2.30. The molecule has 206 valence electrons. The van der Waals surface area contributed by atoms with E-state index in [1.807, 2.05) is 35.0 Å². The van der Waals surface area contributed by atoms with Crippen molar-refractivity contribution in [2.75, 3.05) is 19.5 Å². The number of nitrogens with zero attached hydrogens (tertiary/aromatic N) is 3. The molecule has 0 bridgehead atoms. The van der Waals surface area contributed by atoms with Crippen LogP contribution in [-0.2, 0) is 6.54 Å². The first-order valence-corrected chi connectivity index (χ1v) is 14.1. The number of aliphatic hydroxyl groups is 2. The van der Waals surface area contributed by atoms with Gasteiger partial charge >= 0.3 is 0 Å². The van der Waals surface area contributed by atoms with Crippen molar-refractivity contribution in [2.45, 2.75) is 83.1 Å². The van der Waals surface area contributed by atoms with Gasteiger partial charge in [-0.1, -0.05) is 32.6 Å². The summed E-state index contributed by atoms with van der Waals surface area (Å²) < 4.78 is 12.8. The summed E-state index contributed by atoms with van der Waals surface area (Å²) >= 11 is 0. The van der Waals surface area contributed by atoms with Crippen LogP contribution in [0.5, 0.6) is 11.5 Å². The van der Waals surface area contributed by atoms with E-state index >= 15 is 0 Å². The Morgan fingerprint density at radius 2 is 1.79 bits per heavy atom. The number of methoxy groups -OCH3 is 2. The van der Waals surface area contributed by atoms with Crippen LogP contribution < -0.4 is 14.8 Å². The van der Waals surface area contributed by atoms with Crippen molar-refractivity contribution in [3.8, 4) is 11.5 Å². The molecule has 0 unspecified atom stereocenters. The van der Waals surface area contributed by atoms with Crippen molar-refractivity contribution in [3.63, 3.8) is 0 Å². The first-order chi connectivity index (χ1) is 18.5. The zero-order valence-corrected chi connectivity index (χ0v) is 22.8. The maximum atomic E-state index is 11.0. The second-order valence-corrected chi connectivity index (χ2v) is 11.2. The first-order valence-electron chi connectivity index (χ1n) is 14.1. The minimum atomic E-state index is -0.802. The molecule has 0 radical (unpaired) electrons. The van der Waals surface area contributed by atoms with Crippen LogP contribution in [0, 0.1) is 17.8 Å². The molecule has 0 spiro atoms. The molecule has 0 saturated heterocycles. The molecule has 2 aliphatic rings. The molecule has 8 nitrogen and oxygen atoms in total. The monoisotopic (exact) mass is 522 g/mol. The zero-order chi connectivity index (χ0) is 26.6. The van der Waals surface area contributed by atoms with E-state index in [1.54, 1.807) is 20.5 Å². The topological polar surface area (TPSA) is 102 Å².